The number of carbonyl (C=O) groups excluding carboxylic acids is 1. The molecule has 3 rings (SSSR count). The molecule has 0 aromatic heterocycles. The van der Waals surface area contributed by atoms with Gasteiger partial charge in [0.25, 0.3) is 5.91 Å². The van der Waals surface area contributed by atoms with Crippen LogP contribution >= 0.6 is 11.6 Å². The van der Waals surface area contributed by atoms with E-state index >= 15 is 0 Å². The summed E-state index contributed by atoms with van der Waals surface area (Å²) in [5.41, 5.74) is 3.56. The fraction of sp³-hybridized carbons (Fsp3) is 0.278. The minimum Gasteiger partial charge on any atom is -0.322 e. The highest BCUT2D eigenvalue weighted by Gasteiger charge is 2.32. The second kappa shape index (κ2) is 6.35. The standard InChI is InChI=1S/C18H19ClN2O3S/c1-11-4-6-15(19)10-16(11)20-18(22)13-5-7-17-14(9-13)8-12(2)21(17)25(3,23)24/h4-7,9-10,12H,8H2,1-3H3,(H,20,22)/t12-/m0/s1. The van der Waals surface area contributed by atoms with Gasteiger partial charge in [0.05, 0.1) is 11.9 Å². The Labute approximate surface area is 152 Å². The van der Waals surface area contributed by atoms with Gasteiger partial charge in [-0.2, -0.15) is 0 Å². The van der Waals surface area contributed by atoms with Gasteiger partial charge in [-0.25, -0.2) is 8.42 Å². The number of halogens is 1. The lowest BCUT2D eigenvalue weighted by molar-refractivity contribution is 0.102. The molecule has 1 atom stereocenters. The Kier molecular flexibility index (Phi) is 4.51. The van der Waals surface area contributed by atoms with E-state index in [1.54, 1.807) is 30.3 Å². The summed E-state index contributed by atoms with van der Waals surface area (Å²) in [6.07, 6.45) is 1.78. The number of fused-ring (bicyclic) bond motifs is 1. The molecule has 1 amide bonds. The van der Waals surface area contributed by atoms with Gasteiger partial charge < -0.3 is 5.32 Å². The van der Waals surface area contributed by atoms with E-state index in [2.05, 4.69) is 5.32 Å². The SMILES string of the molecule is Cc1ccc(Cl)cc1NC(=O)c1ccc2c(c1)C[C@H](C)N2S(C)(=O)=O. The predicted molar refractivity (Wildman–Crippen MR) is 101 cm³/mol. The number of hydrogen-bond donors (Lipinski definition) is 1. The molecular formula is C18H19ClN2O3S. The number of sulfonamides is 1. The molecule has 1 heterocycles. The van der Waals surface area contributed by atoms with E-state index in [0.29, 0.717) is 28.4 Å². The van der Waals surface area contributed by atoms with Crippen molar-refractivity contribution in [1.82, 2.24) is 0 Å². The molecule has 0 radical (unpaired) electrons. The number of nitrogens with zero attached hydrogens (tertiary/aromatic N) is 1. The van der Waals surface area contributed by atoms with Crippen LogP contribution in [0.25, 0.3) is 0 Å². The molecule has 0 saturated heterocycles. The summed E-state index contributed by atoms with van der Waals surface area (Å²) in [5, 5.41) is 3.40. The first-order valence-corrected chi connectivity index (χ1v) is 10.1. The van der Waals surface area contributed by atoms with Gasteiger partial charge in [-0.05, 0) is 61.7 Å². The fourth-order valence-electron chi connectivity index (χ4n) is 3.17. The monoisotopic (exact) mass is 378 g/mol. The van der Waals surface area contributed by atoms with Gasteiger partial charge in [0.15, 0.2) is 0 Å². The molecule has 1 aliphatic rings. The zero-order valence-electron chi connectivity index (χ0n) is 14.2. The summed E-state index contributed by atoms with van der Waals surface area (Å²) in [7, 11) is -3.34. The van der Waals surface area contributed by atoms with Crippen LogP contribution in [0, 0.1) is 6.92 Å². The molecule has 0 bridgehead atoms. The number of anilines is 2. The maximum absolute atomic E-state index is 12.6. The van der Waals surface area contributed by atoms with Gasteiger partial charge in [0, 0.05) is 22.3 Å². The molecule has 0 spiro atoms. The number of amides is 1. The average molecular weight is 379 g/mol. The van der Waals surface area contributed by atoms with Crippen LogP contribution in [0.1, 0.15) is 28.4 Å². The lowest BCUT2D eigenvalue weighted by atomic mass is 10.1. The van der Waals surface area contributed by atoms with E-state index in [1.165, 1.54) is 10.6 Å². The maximum Gasteiger partial charge on any atom is 0.255 e. The molecule has 0 fully saturated rings. The third kappa shape index (κ3) is 3.50. The molecule has 132 valence electrons. The summed E-state index contributed by atoms with van der Waals surface area (Å²) in [4.78, 5) is 12.6. The second-order valence-electron chi connectivity index (χ2n) is 6.37. The fourth-order valence-corrected chi connectivity index (χ4v) is 4.61. The first-order chi connectivity index (χ1) is 11.7. The number of aryl methyl sites for hydroxylation is 1. The molecule has 0 saturated carbocycles. The minimum atomic E-state index is -3.34. The van der Waals surface area contributed by atoms with Crippen LogP contribution in [0.15, 0.2) is 36.4 Å². The van der Waals surface area contributed by atoms with Crippen molar-refractivity contribution in [2.45, 2.75) is 26.3 Å². The Hall–Kier alpha value is -2.05. The largest absolute Gasteiger partial charge is 0.322 e. The Morgan fingerprint density at radius 2 is 1.96 bits per heavy atom. The van der Waals surface area contributed by atoms with Gasteiger partial charge in [-0.3, -0.25) is 9.10 Å². The van der Waals surface area contributed by atoms with E-state index in [0.717, 1.165) is 11.1 Å². The quantitative estimate of drug-likeness (QED) is 0.887. The summed E-state index contributed by atoms with van der Waals surface area (Å²) in [5.74, 6) is -0.251. The molecule has 0 unspecified atom stereocenters. The van der Waals surface area contributed by atoms with Crippen LogP contribution in [0.2, 0.25) is 5.02 Å². The Morgan fingerprint density at radius 1 is 1.24 bits per heavy atom. The highest BCUT2D eigenvalue weighted by atomic mass is 35.5. The number of benzene rings is 2. The maximum atomic E-state index is 12.6. The first kappa shape index (κ1) is 17.8. The molecular weight excluding hydrogens is 360 g/mol. The molecule has 2 aromatic carbocycles. The van der Waals surface area contributed by atoms with E-state index in [1.807, 2.05) is 19.9 Å². The smallest absolute Gasteiger partial charge is 0.255 e. The van der Waals surface area contributed by atoms with Crippen LogP contribution in [0.3, 0.4) is 0 Å². The van der Waals surface area contributed by atoms with Crippen molar-refractivity contribution in [3.8, 4) is 0 Å². The van der Waals surface area contributed by atoms with Crippen LogP contribution in [-0.4, -0.2) is 26.6 Å². The second-order valence-corrected chi connectivity index (χ2v) is 8.66. The summed E-state index contributed by atoms with van der Waals surface area (Å²) in [6, 6.07) is 10.2. The van der Waals surface area contributed by atoms with Gasteiger partial charge in [0.2, 0.25) is 10.0 Å². The van der Waals surface area contributed by atoms with E-state index in [4.69, 9.17) is 11.6 Å². The number of hydrogen-bond acceptors (Lipinski definition) is 3. The van der Waals surface area contributed by atoms with Crippen LogP contribution in [0.5, 0.6) is 0 Å². The average Bonchev–Trinajstić information content (AvgIpc) is 2.85. The Bertz CT molecular complexity index is 957. The molecule has 1 aliphatic heterocycles. The van der Waals surface area contributed by atoms with Crippen molar-refractivity contribution >= 4 is 38.9 Å². The molecule has 5 nitrogen and oxygen atoms in total. The summed E-state index contributed by atoms with van der Waals surface area (Å²) < 4.78 is 25.3. The van der Waals surface area contributed by atoms with E-state index in [-0.39, 0.29) is 11.9 Å². The molecule has 0 aliphatic carbocycles. The topological polar surface area (TPSA) is 66.5 Å². The molecule has 7 heteroatoms. The third-order valence-electron chi connectivity index (χ3n) is 4.30. The lowest BCUT2D eigenvalue weighted by Crippen LogP contribution is -2.34. The minimum absolute atomic E-state index is 0.154. The molecule has 25 heavy (non-hydrogen) atoms. The van der Waals surface area contributed by atoms with Crippen molar-refractivity contribution in [1.29, 1.82) is 0 Å². The molecule has 2 aromatic rings. The van der Waals surface area contributed by atoms with Crippen LogP contribution in [-0.2, 0) is 16.4 Å². The van der Waals surface area contributed by atoms with Crippen molar-refractivity contribution in [2.24, 2.45) is 0 Å². The zero-order chi connectivity index (χ0) is 18.4. The van der Waals surface area contributed by atoms with E-state index < -0.39 is 10.0 Å². The lowest BCUT2D eigenvalue weighted by Gasteiger charge is -2.21. The summed E-state index contributed by atoms with van der Waals surface area (Å²) >= 11 is 5.98. The first-order valence-electron chi connectivity index (χ1n) is 7.86. The van der Waals surface area contributed by atoms with Crippen LogP contribution in [0.4, 0.5) is 11.4 Å². The van der Waals surface area contributed by atoms with Crippen molar-refractivity contribution < 1.29 is 13.2 Å². The third-order valence-corrected chi connectivity index (χ3v) is 5.81. The van der Waals surface area contributed by atoms with Gasteiger partial charge in [-0.1, -0.05) is 17.7 Å². The van der Waals surface area contributed by atoms with Crippen molar-refractivity contribution in [3.63, 3.8) is 0 Å². The number of rotatable bonds is 3. The number of carbonyl (C=O) groups is 1. The summed E-state index contributed by atoms with van der Waals surface area (Å²) in [6.45, 7) is 3.75. The number of nitrogens with one attached hydrogen (secondary N) is 1. The van der Waals surface area contributed by atoms with E-state index in [9.17, 15) is 13.2 Å². The van der Waals surface area contributed by atoms with Gasteiger partial charge in [-0.15, -0.1) is 0 Å². The van der Waals surface area contributed by atoms with Crippen LogP contribution < -0.4 is 9.62 Å². The van der Waals surface area contributed by atoms with Crippen molar-refractivity contribution in [2.75, 3.05) is 15.9 Å². The zero-order valence-corrected chi connectivity index (χ0v) is 15.8. The van der Waals surface area contributed by atoms with Crippen molar-refractivity contribution in [3.05, 3.63) is 58.1 Å². The van der Waals surface area contributed by atoms with Gasteiger partial charge in [0.1, 0.15) is 0 Å². The Morgan fingerprint density at radius 3 is 2.64 bits per heavy atom. The van der Waals surface area contributed by atoms with Gasteiger partial charge >= 0.3 is 0 Å². The normalized spacial score (nSPS) is 16.6. The predicted octanol–water partition coefficient (Wildman–Crippen LogP) is 3.61. The molecule has 1 N–H and O–H groups in total. The highest BCUT2D eigenvalue weighted by Crippen LogP contribution is 2.35. The highest BCUT2D eigenvalue weighted by molar-refractivity contribution is 7.92. The Balaban J connectivity index is 1.89.